The van der Waals surface area contributed by atoms with Gasteiger partial charge in [-0.3, -0.25) is 14.7 Å². The zero-order valence-electron chi connectivity index (χ0n) is 12.0. The number of hydrogen-bond acceptors (Lipinski definition) is 4. The van der Waals surface area contributed by atoms with Gasteiger partial charge in [0.2, 0.25) is 0 Å². The van der Waals surface area contributed by atoms with Crippen LogP contribution in [0.1, 0.15) is 37.8 Å². The lowest BCUT2D eigenvalue weighted by molar-refractivity contribution is -0.145. The number of pyridine rings is 1. The zero-order chi connectivity index (χ0) is 14.8. The van der Waals surface area contributed by atoms with E-state index in [0.29, 0.717) is 25.7 Å². The summed E-state index contributed by atoms with van der Waals surface area (Å²) in [5, 5.41) is 19.3. The normalized spacial score (nSPS) is 30.4. The summed E-state index contributed by atoms with van der Waals surface area (Å²) in [7, 11) is 4.02. The van der Waals surface area contributed by atoms with Crippen LogP contribution in [0.2, 0.25) is 0 Å². The predicted molar refractivity (Wildman–Crippen MR) is 75.3 cm³/mol. The largest absolute Gasteiger partial charge is 0.481 e. The van der Waals surface area contributed by atoms with Gasteiger partial charge in [0.25, 0.3) is 0 Å². The average Bonchev–Trinajstić information content (AvgIpc) is 2.39. The molecule has 2 rings (SSSR count). The Bertz CT molecular complexity index is 465. The van der Waals surface area contributed by atoms with Gasteiger partial charge in [-0.2, -0.15) is 0 Å². The van der Waals surface area contributed by atoms with Gasteiger partial charge in [0.15, 0.2) is 0 Å². The van der Waals surface area contributed by atoms with Gasteiger partial charge in [-0.15, -0.1) is 0 Å². The van der Waals surface area contributed by atoms with Crippen LogP contribution in [0, 0.1) is 0 Å². The van der Waals surface area contributed by atoms with Gasteiger partial charge in [-0.1, -0.05) is 6.07 Å². The van der Waals surface area contributed by atoms with Crippen LogP contribution in [0.5, 0.6) is 0 Å². The highest BCUT2D eigenvalue weighted by molar-refractivity contribution is 5.68. The van der Waals surface area contributed by atoms with E-state index in [1.807, 2.05) is 32.3 Å². The van der Waals surface area contributed by atoms with E-state index in [0.717, 1.165) is 5.69 Å². The third-order valence-electron chi connectivity index (χ3n) is 4.49. The number of carboxylic acid groups (broad SMARTS) is 1. The lowest BCUT2D eigenvalue weighted by Gasteiger charge is -2.47. The number of rotatable bonds is 4. The maximum Gasteiger partial charge on any atom is 0.306 e. The first-order valence-electron chi connectivity index (χ1n) is 6.91. The van der Waals surface area contributed by atoms with Crippen LogP contribution in [0.15, 0.2) is 24.4 Å². The Morgan fingerprint density at radius 1 is 1.30 bits per heavy atom. The van der Waals surface area contributed by atoms with Gasteiger partial charge in [0.05, 0.1) is 23.3 Å². The Hall–Kier alpha value is -1.46. The molecule has 0 aromatic carbocycles. The number of carbonyl (C=O) groups is 1. The lowest BCUT2D eigenvalue weighted by atomic mass is 9.70. The Balaban J connectivity index is 2.21. The third-order valence-corrected chi connectivity index (χ3v) is 4.49. The maximum atomic E-state index is 10.9. The number of aliphatic carboxylic acids is 1. The van der Waals surface area contributed by atoms with Crippen molar-refractivity contribution in [3.8, 4) is 0 Å². The van der Waals surface area contributed by atoms with E-state index in [1.54, 1.807) is 6.20 Å². The molecule has 1 saturated carbocycles. The van der Waals surface area contributed by atoms with Crippen LogP contribution in [-0.4, -0.2) is 45.8 Å². The maximum absolute atomic E-state index is 10.9. The standard InChI is InChI=1S/C15H22N2O3/c1-17(2)15(12-5-3-4-10-16-12)8-6-14(20,7-9-15)11-13(18)19/h3-5,10,20H,6-9,11H2,1-2H3,(H,18,19). The first-order valence-corrected chi connectivity index (χ1v) is 6.91. The molecule has 0 aliphatic heterocycles. The third kappa shape index (κ3) is 2.83. The first-order chi connectivity index (χ1) is 9.38. The highest BCUT2D eigenvalue weighted by Crippen LogP contribution is 2.44. The Kier molecular flexibility index (Phi) is 4.11. The summed E-state index contributed by atoms with van der Waals surface area (Å²) < 4.78 is 0. The predicted octanol–water partition coefficient (Wildman–Crippen LogP) is 1.62. The minimum absolute atomic E-state index is 0.182. The summed E-state index contributed by atoms with van der Waals surface area (Å²) in [6.45, 7) is 0. The van der Waals surface area contributed by atoms with Crippen molar-refractivity contribution in [2.45, 2.75) is 43.2 Å². The summed E-state index contributed by atoms with van der Waals surface area (Å²) in [4.78, 5) is 17.5. The quantitative estimate of drug-likeness (QED) is 0.875. The van der Waals surface area contributed by atoms with Crippen molar-refractivity contribution in [1.29, 1.82) is 0 Å². The van der Waals surface area contributed by atoms with Gasteiger partial charge in [-0.05, 0) is 51.9 Å². The number of hydrogen-bond donors (Lipinski definition) is 2. The zero-order valence-corrected chi connectivity index (χ0v) is 12.0. The van der Waals surface area contributed by atoms with Crippen LogP contribution in [-0.2, 0) is 10.3 Å². The van der Waals surface area contributed by atoms with Gasteiger partial charge < -0.3 is 10.2 Å². The topological polar surface area (TPSA) is 73.7 Å². The molecule has 5 heteroatoms. The van der Waals surface area contributed by atoms with Gasteiger partial charge in [0.1, 0.15) is 0 Å². The lowest BCUT2D eigenvalue weighted by Crippen LogP contribution is -2.50. The van der Waals surface area contributed by atoms with E-state index in [1.165, 1.54) is 0 Å². The molecule has 1 aliphatic rings. The van der Waals surface area contributed by atoms with Crippen molar-refractivity contribution in [3.63, 3.8) is 0 Å². The summed E-state index contributed by atoms with van der Waals surface area (Å²) >= 11 is 0. The molecule has 1 aromatic heterocycles. The smallest absolute Gasteiger partial charge is 0.306 e. The fourth-order valence-electron chi connectivity index (χ4n) is 3.16. The summed E-state index contributed by atoms with van der Waals surface area (Å²) in [5.41, 5.74) is -0.311. The molecule has 20 heavy (non-hydrogen) atoms. The van der Waals surface area contributed by atoms with E-state index in [4.69, 9.17) is 5.11 Å². The van der Waals surface area contributed by atoms with Crippen LogP contribution in [0.4, 0.5) is 0 Å². The molecule has 0 spiro atoms. The van der Waals surface area contributed by atoms with Crippen molar-refractivity contribution in [1.82, 2.24) is 9.88 Å². The average molecular weight is 278 g/mol. The minimum Gasteiger partial charge on any atom is -0.481 e. The SMILES string of the molecule is CN(C)C1(c2ccccn2)CCC(O)(CC(=O)O)CC1. The molecule has 2 N–H and O–H groups in total. The summed E-state index contributed by atoms with van der Waals surface area (Å²) in [6, 6.07) is 5.85. The molecular formula is C15H22N2O3. The Morgan fingerprint density at radius 3 is 2.40 bits per heavy atom. The van der Waals surface area contributed by atoms with Crippen molar-refractivity contribution in [2.24, 2.45) is 0 Å². The molecule has 1 aliphatic carbocycles. The Morgan fingerprint density at radius 2 is 1.95 bits per heavy atom. The molecule has 0 saturated heterocycles. The molecule has 0 radical (unpaired) electrons. The van der Waals surface area contributed by atoms with Crippen LogP contribution in [0.25, 0.3) is 0 Å². The van der Waals surface area contributed by atoms with Crippen LogP contribution in [0.3, 0.4) is 0 Å². The molecule has 1 heterocycles. The minimum atomic E-state index is -1.08. The van der Waals surface area contributed by atoms with Gasteiger partial charge in [0, 0.05) is 6.20 Å². The second-order valence-electron chi connectivity index (χ2n) is 5.94. The molecule has 1 aromatic rings. The summed E-state index contributed by atoms with van der Waals surface area (Å²) in [6.07, 6.45) is 3.97. The fourth-order valence-corrected chi connectivity index (χ4v) is 3.16. The second kappa shape index (κ2) is 5.50. The highest BCUT2D eigenvalue weighted by Gasteiger charge is 2.45. The molecule has 0 amide bonds. The molecule has 5 nitrogen and oxygen atoms in total. The van der Waals surface area contributed by atoms with E-state index < -0.39 is 11.6 Å². The monoisotopic (exact) mass is 278 g/mol. The number of nitrogens with zero attached hydrogens (tertiary/aromatic N) is 2. The molecule has 0 atom stereocenters. The highest BCUT2D eigenvalue weighted by atomic mass is 16.4. The van der Waals surface area contributed by atoms with Crippen molar-refractivity contribution >= 4 is 5.97 Å². The van der Waals surface area contributed by atoms with Crippen molar-refractivity contribution < 1.29 is 15.0 Å². The number of aromatic nitrogens is 1. The molecular weight excluding hydrogens is 256 g/mol. The second-order valence-corrected chi connectivity index (χ2v) is 5.94. The van der Waals surface area contributed by atoms with E-state index in [2.05, 4.69) is 9.88 Å². The van der Waals surface area contributed by atoms with E-state index in [-0.39, 0.29) is 12.0 Å². The van der Waals surface area contributed by atoms with E-state index in [9.17, 15) is 9.90 Å². The number of aliphatic hydroxyl groups is 1. The van der Waals surface area contributed by atoms with Crippen LogP contribution >= 0.6 is 0 Å². The summed E-state index contributed by atoms with van der Waals surface area (Å²) in [5.74, 6) is -0.942. The first kappa shape index (κ1) is 14.9. The van der Waals surface area contributed by atoms with Crippen molar-refractivity contribution in [3.05, 3.63) is 30.1 Å². The molecule has 1 fully saturated rings. The molecule has 110 valence electrons. The fraction of sp³-hybridized carbons (Fsp3) is 0.600. The van der Waals surface area contributed by atoms with E-state index >= 15 is 0 Å². The van der Waals surface area contributed by atoms with Crippen molar-refractivity contribution in [2.75, 3.05) is 14.1 Å². The van der Waals surface area contributed by atoms with Crippen LogP contribution < -0.4 is 0 Å². The Labute approximate surface area is 119 Å². The van der Waals surface area contributed by atoms with Gasteiger partial charge in [-0.25, -0.2) is 0 Å². The molecule has 0 unspecified atom stereocenters. The van der Waals surface area contributed by atoms with Gasteiger partial charge >= 0.3 is 5.97 Å². The molecule has 0 bridgehead atoms. The number of carboxylic acids is 1.